The molecule has 38 heavy (non-hydrogen) atoms. The van der Waals surface area contributed by atoms with Crippen molar-refractivity contribution >= 4 is 24.9 Å². The smallest absolute Gasteiger partial charge is 0.338 e. The monoisotopic (exact) mass is 538 g/mol. The van der Waals surface area contributed by atoms with Crippen molar-refractivity contribution in [2.24, 2.45) is 0 Å². The second-order valence-electron chi connectivity index (χ2n) is 9.20. The van der Waals surface area contributed by atoms with Gasteiger partial charge in [0.25, 0.3) is 0 Å². The van der Waals surface area contributed by atoms with Crippen LogP contribution in [-0.2, 0) is 30.2 Å². The molecule has 200 valence electrons. The molecule has 3 atom stereocenters. The maximum atomic E-state index is 13.4. The number of Topliss-reactive ketones (excluding diaryl/α,β-unsaturated/α-hetero) is 1. The SMILES string of the molecule is CP(C)(=O)C[C@H](O)C(OC(=O)c1ccccc1)C(OC(=O)c1ccccc1)C(=O)COCc1ccccc1. The van der Waals surface area contributed by atoms with Gasteiger partial charge in [-0.1, -0.05) is 66.7 Å². The van der Waals surface area contributed by atoms with Crippen molar-refractivity contribution in [2.45, 2.75) is 24.9 Å². The number of esters is 2. The summed E-state index contributed by atoms with van der Waals surface area (Å²) in [4.78, 5) is 39.2. The van der Waals surface area contributed by atoms with Crippen molar-refractivity contribution in [3.8, 4) is 0 Å². The second kappa shape index (κ2) is 13.8. The summed E-state index contributed by atoms with van der Waals surface area (Å²) in [5.74, 6) is -2.41. The summed E-state index contributed by atoms with van der Waals surface area (Å²) in [7, 11) is -2.84. The van der Waals surface area contributed by atoms with Gasteiger partial charge in [0.15, 0.2) is 6.10 Å². The highest BCUT2D eigenvalue weighted by Crippen LogP contribution is 2.38. The molecule has 0 aliphatic heterocycles. The first kappa shape index (κ1) is 29.0. The van der Waals surface area contributed by atoms with Crippen molar-refractivity contribution in [2.75, 3.05) is 26.1 Å². The average molecular weight is 539 g/mol. The number of aliphatic hydroxyl groups is 1. The summed E-state index contributed by atoms with van der Waals surface area (Å²) >= 11 is 0. The molecule has 0 spiro atoms. The molecule has 3 aromatic carbocycles. The second-order valence-corrected chi connectivity index (χ2v) is 12.7. The summed E-state index contributed by atoms with van der Waals surface area (Å²) in [6, 6.07) is 25.1. The molecule has 9 heteroatoms. The van der Waals surface area contributed by atoms with E-state index in [-0.39, 0.29) is 23.9 Å². The van der Waals surface area contributed by atoms with Crippen LogP contribution in [0.5, 0.6) is 0 Å². The van der Waals surface area contributed by atoms with Crippen LogP contribution < -0.4 is 0 Å². The van der Waals surface area contributed by atoms with Crippen LogP contribution in [0, 0.1) is 0 Å². The van der Waals surface area contributed by atoms with Crippen molar-refractivity contribution < 1.29 is 38.3 Å². The Morgan fingerprint density at radius 3 is 1.74 bits per heavy atom. The molecule has 0 saturated carbocycles. The minimum absolute atomic E-state index is 0.113. The Labute approximate surface area is 221 Å². The molecule has 2 unspecified atom stereocenters. The van der Waals surface area contributed by atoms with Crippen LogP contribution in [-0.4, -0.2) is 67.2 Å². The average Bonchev–Trinajstić information content (AvgIpc) is 2.91. The highest BCUT2D eigenvalue weighted by Gasteiger charge is 2.41. The summed E-state index contributed by atoms with van der Waals surface area (Å²) in [5.41, 5.74) is 1.15. The van der Waals surface area contributed by atoms with E-state index in [0.29, 0.717) is 0 Å². The normalized spacial score (nSPS) is 13.7. The molecule has 0 radical (unpaired) electrons. The molecule has 1 N–H and O–H groups in total. The highest BCUT2D eigenvalue weighted by molar-refractivity contribution is 7.62. The van der Waals surface area contributed by atoms with Gasteiger partial charge in [-0.25, -0.2) is 9.59 Å². The van der Waals surface area contributed by atoms with Crippen molar-refractivity contribution in [1.29, 1.82) is 0 Å². The molecule has 0 amide bonds. The molecule has 0 aliphatic carbocycles. The van der Waals surface area contributed by atoms with Gasteiger partial charge in [-0.3, -0.25) is 4.79 Å². The number of hydrogen-bond donors (Lipinski definition) is 1. The van der Waals surface area contributed by atoms with Crippen molar-refractivity contribution in [3.05, 3.63) is 108 Å². The lowest BCUT2D eigenvalue weighted by atomic mass is 10.0. The number of hydrogen-bond acceptors (Lipinski definition) is 8. The van der Waals surface area contributed by atoms with Gasteiger partial charge in [-0.05, 0) is 43.2 Å². The quantitative estimate of drug-likeness (QED) is 0.254. The fourth-order valence-corrected chi connectivity index (χ4v) is 4.77. The number of carbonyl (C=O) groups excluding carboxylic acids is 3. The third-order valence-corrected chi connectivity index (χ3v) is 6.73. The number of ketones is 1. The van der Waals surface area contributed by atoms with Gasteiger partial charge in [0, 0.05) is 6.16 Å². The van der Waals surface area contributed by atoms with Crippen LogP contribution in [0.2, 0.25) is 0 Å². The number of carbonyl (C=O) groups is 3. The topological polar surface area (TPSA) is 116 Å². The molecular formula is C29H31O8P. The molecule has 0 fully saturated rings. The lowest BCUT2D eigenvalue weighted by Crippen LogP contribution is -2.50. The lowest BCUT2D eigenvalue weighted by molar-refractivity contribution is -0.144. The van der Waals surface area contributed by atoms with Gasteiger partial charge in [0.05, 0.1) is 24.9 Å². The van der Waals surface area contributed by atoms with E-state index in [9.17, 15) is 24.1 Å². The van der Waals surface area contributed by atoms with Crippen LogP contribution in [0.15, 0.2) is 91.0 Å². The van der Waals surface area contributed by atoms with E-state index in [0.717, 1.165) is 5.56 Å². The van der Waals surface area contributed by atoms with Crippen molar-refractivity contribution in [3.63, 3.8) is 0 Å². The number of rotatable bonds is 13. The fraction of sp³-hybridized carbons (Fsp3) is 0.276. The summed E-state index contributed by atoms with van der Waals surface area (Å²) in [6.07, 6.45) is -5.17. The standard InChI is InChI=1S/C29H31O8P/c1-38(2,34)20-25(31)27(37-29(33)23-16-10-5-11-17-23)26(36-28(32)22-14-8-4-9-15-22)24(30)19-35-18-21-12-6-3-7-13-21/h3-17,25-27,31H,18-20H2,1-2H3/t25-,26?,27?/m0/s1. The lowest BCUT2D eigenvalue weighted by Gasteiger charge is -2.30. The molecule has 0 aromatic heterocycles. The first-order chi connectivity index (χ1) is 18.1. The maximum Gasteiger partial charge on any atom is 0.338 e. The minimum atomic E-state index is -2.84. The van der Waals surface area contributed by atoms with E-state index in [1.54, 1.807) is 36.4 Å². The Hall–Kier alpha value is -3.58. The third kappa shape index (κ3) is 9.06. The molecule has 8 nitrogen and oxygen atoms in total. The predicted octanol–water partition coefficient (Wildman–Crippen LogP) is 4.21. The molecule has 3 rings (SSSR count). The Morgan fingerprint density at radius 1 is 0.763 bits per heavy atom. The van der Waals surface area contributed by atoms with E-state index >= 15 is 0 Å². The molecule has 0 saturated heterocycles. The minimum Gasteiger partial charge on any atom is -0.452 e. The number of benzene rings is 3. The Balaban J connectivity index is 1.89. The molecule has 0 aliphatic rings. The Kier molecular flexibility index (Phi) is 10.5. The zero-order valence-electron chi connectivity index (χ0n) is 21.3. The largest absolute Gasteiger partial charge is 0.452 e. The van der Waals surface area contributed by atoms with Crippen LogP contribution in [0.25, 0.3) is 0 Å². The van der Waals surface area contributed by atoms with Crippen LogP contribution in [0.3, 0.4) is 0 Å². The van der Waals surface area contributed by atoms with E-state index in [2.05, 4.69) is 0 Å². The zero-order valence-corrected chi connectivity index (χ0v) is 22.2. The van der Waals surface area contributed by atoms with Crippen LogP contribution in [0.1, 0.15) is 26.3 Å². The van der Waals surface area contributed by atoms with E-state index in [1.807, 2.05) is 30.3 Å². The Bertz CT molecular complexity index is 1240. The van der Waals surface area contributed by atoms with E-state index < -0.39 is 49.8 Å². The van der Waals surface area contributed by atoms with Crippen molar-refractivity contribution in [1.82, 2.24) is 0 Å². The van der Waals surface area contributed by atoms with Gasteiger partial charge in [-0.15, -0.1) is 0 Å². The summed E-state index contributed by atoms with van der Waals surface area (Å²) < 4.78 is 29.2. The molecule has 0 heterocycles. The van der Waals surface area contributed by atoms with E-state index in [4.69, 9.17) is 14.2 Å². The van der Waals surface area contributed by atoms with Gasteiger partial charge in [0.1, 0.15) is 12.7 Å². The van der Waals surface area contributed by atoms with Crippen LogP contribution in [0.4, 0.5) is 0 Å². The van der Waals surface area contributed by atoms with Gasteiger partial charge in [-0.2, -0.15) is 0 Å². The van der Waals surface area contributed by atoms with E-state index in [1.165, 1.54) is 37.6 Å². The van der Waals surface area contributed by atoms with Gasteiger partial charge >= 0.3 is 11.9 Å². The summed E-state index contributed by atoms with van der Waals surface area (Å²) in [5, 5.41) is 11.0. The number of aliphatic hydroxyl groups excluding tert-OH is 1. The summed E-state index contributed by atoms with van der Waals surface area (Å²) in [6.45, 7) is 2.55. The molecular weight excluding hydrogens is 507 g/mol. The fourth-order valence-electron chi connectivity index (χ4n) is 3.66. The first-order valence-electron chi connectivity index (χ1n) is 12.0. The molecule has 0 bridgehead atoms. The highest BCUT2D eigenvalue weighted by atomic mass is 31.2. The first-order valence-corrected chi connectivity index (χ1v) is 14.8. The van der Waals surface area contributed by atoms with Gasteiger partial charge < -0.3 is 23.9 Å². The molecule has 3 aromatic rings. The zero-order chi connectivity index (χ0) is 27.5. The van der Waals surface area contributed by atoms with Crippen LogP contribution >= 0.6 is 7.14 Å². The number of ether oxygens (including phenoxy) is 3. The van der Waals surface area contributed by atoms with Gasteiger partial charge in [0.2, 0.25) is 11.9 Å². The Morgan fingerprint density at radius 2 is 1.24 bits per heavy atom. The third-order valence-electron chi connectivity index (χ3n) is 5.47. The predicted molar refractivity (Wildman–Crippen MR) is 143 cm³/mol. The maximum absolute atomic E-state index is 13.4.